The Morgan fingerprint density at radius 1 is 1.12 bits per heavy atom. The third-order valence-electron chi connectivity index (χ3n) is 3.24. The summed E-state index contributed by atoms with van der Waals surface area (Å²) in [7, 11) is 0. The number of hydrogen-bond donors (Lipinski definition) is 1. The summed E-state index contributed by atoms with van der Waals surface area (Å²) in [5.41, 5.74) is 0.0525. The Kier molecular flexibility index (Phi) is 5.21. The summed E-state index contributed by atoms with van der Waals surface area (Å²) in [6, 6.07) is 12.4. The summed E-state index contributed by atoms with van der Waals surface area (Å²) >= 11 is 7.33. The van der Waals surface area contributed by atoms with Crippen LogP contribution in [-0.4, -0.2) is 10.2 Å². The Bertz CT molecular complexity index is 877. The van der Waals surface area contributed by atoms with E-state index in [1.807, 2.05) is 0 Å². The van der Waals surface area contributed by atoms with E-state index < -0.39 is 11.7 Å². The van der Waals surface area contributed by atoms with Gasteiger partial charge in [0, 0.05) is 9.79 Å². The van der Waals surface area contributed by atoms with Crippen molar-refractivity contribution in [2.45, 2.75) is 16.0 Å². The number of thiocarbonyl (C=S) groups is 1. The highest BCUT2D eigenvalue weighted by Gasteiger charge is 2.30. The first-order valence-electron chi connectivity index (χ1n) is 7.02. The van der Waals surface area contributed by atoms with Gasteiger partial charge in [0.1, 0.15) is 4.32 Å². The second kappa shape index (κ2) is 7.23. The molecule has 3 rings (SSSR count). The van der Waals surface area contributed by atoms with Crippen molar-refractivity contribution in [1.29, 1.82) is 0 Å². The normalized spacial score (nSPS) is 16.4. The minimum absolute atomic E-state index is 0.270. The van der Waals surface area contributed by atoms with Gasteiger partial charge in [0.2, 0.25) is 0 Å². The lowest BCUT2D eigenvalue weighted by atomic mass is 10.2. The molecule has 1 N–H and O–H groups in total. The highest BCUT2D eigenvalue weighted by molar-refractivity contribution is 8.26. The number of benzene rings is 2. The summed E-state index contributed by atoms with van der Waals surface area (Å²) < 4.78 is 39.0. The molecule has 0 aliphatic carbocycles. The molecule has 0 spiro atoms. The van der Waals surface area contributed by atoms with Crippen molar-refractivity contribution in [3.8, 4) is 0 Å². The van der Waals surface area contributed by atoms with E-state index in [-0.39, 0.29) is 5.91 Å². The molecule has 0 bridgehead atoms. The molecule has 0 aromatic heterocycles. The first kappa shape index (κ1) is 18.0. The standard InChI is InChI=1S/C17H10F3NOS3/c18-17(19,20)11-5-3-6-12(9-11)24-13-7-2-1-4-10(13)8-14-15(22)21-16(23)25-14/h1-9H,(H,21,22,23). The zero-order chi connectivity index (χ0) is 18.0. The quantitative estimate of drug-likeness (QED) is 0.559. The van der Waals surface area contributed by atoms with Crippen LogP contribution in [-0.2, 0) is 11.0 Å². The molecular weight excluding hydrogens is 387 g/mol. The molecule has 1 aliphatic heterocycles. The average molecular weight is 397 g/mol. The summed E-state index contributed by atoms with van der Waals surface area (Å²) in [5, 5.41) is 2.54. The van der Waals surface area contributed by atoms with Crippen LogP contribution in [0.3, 0.4) is 0 Å². The molecule has 128 valence electrons. The molecule has 0 unspecified atom stereocenters. The highest BCUT2D eigenvalue weighted by Crippen LogP contribution is 2.37. The van der Waals surface area contributed by atoms with Gasteiger partial charge < -0.3 is 5.32 Å². The van der Waals surface area contributed by atoms with E-state index in [1.54, 1.807) is 36.4 Å². The SMILES string of the molecule is O=C1NC(=S)SC1=Cc1ccccc1Sc1cccc(C(F)(F)F)c1. The van der Waals surface area contributed by atoms with Crippen molar-refractivity contribution in [1.82, 2.24) is 5.32 Å². The van der Waals surface area contributed by atoms with Crippen molar-refractivity contribution >= 4 is 52.0 Å². The molecule has 0 radical (unpaired) electrons. The van der Waals surface area contributed by atoms with Gasteiger partial charge in [-0.15, -0.1) is 0 Å². The molecular formula is C17H10F3NOS3. The molecule has 0 atom stereocenters. The Balaban J connectivity index is 1.91. The maximum absolute atomic E-state index is 12.9. The Morgan fingerprint density at radius 3 is 2.56 bits per heavy atom. The number of thioether (sulfide) groups is 1. The third kappa shape index (κ3) is 4.45. The Labute approximate surface area is 155 Å². The van der Waals surface area contributed by atoms with Gasteiger partial charge in [-0.25, -0.2) is 0 Å². The second-order valence-corrected chi connectivity index (χ2v) is 7.85. The van der Waals surface area contributed by atoms with Crippen molar-refractivity contribution < 1.29 is 18.0 Å². The van der Waals surface area contributed by atoms with Gasteiger partial charge in [-0.05, 0) is 35.9 Å². The van der Waals surface area contributed by atoms with Crippen LogP contribution < -0.4 is 5.32 Å². The van der Waals surface area contributed by atoms with Gasteiger partial charge in [0.25, 0.3) is 5.91 Å². The predicted molar refractivity (Wildman–Crippen MR) is 98.3 cm³/mol. The summed E-state index contributed by atoms with van der Waals surface area (Å²) in [4.78, 5) is 13.5. The molecule has 1 fully saturated rings. The average Bonchev–Trinajstić information content (AvgIpc) is 2.86. The molecule has 2 aromatic rings. The van der Waals surface area contributed by atoms with E-state index in [2.05, 4.69) is 5.32 Å². The van der Waals surface area contributed by atoms with E-state index in [0.29, 0.717) is 14.1 Å². The van der Waals surface area contributed by atoms with Crippen molar-refractivity contribution in [2.75, 3.05) is 0 Å². The zero-order valence-corrected chi connectivity index (χ0v) is 14.9. The summed E-state index contributed by atoms with van der Waals surface area (Å²) in [6.07, 6.45) is -2.69. The van der Waals surface area contributed by atoms with Gasteiger partial charge >= 0.3 is 6.18 Å². The number of alkyl halides is 3. The maximum Gasteiger partial charge on any atom is 0.416 e. The van der Waals surface area contributed by atoms with E-state index in [4.69, 9.17) is 12.2 Å². The molecule has 8 heteroatoms. The lowest BCUT2D eigenvalue weighted by molar-refractivity contribution is -0.137. The third-order valence-corrected chi connectivity index (χ3v) is 5.48. The summed E-state index contributed by atoms with van der Waals surface area (Å²) in [5.74, 6) is -0.270. The van der Waals surface area contributed by atoms with Crippen LogP contribution in [0.15, 0.2) is 63.2 Å². The minimum Gasteiger partial charge on any atom is -0.307 e. The fourth-order valence-electron chi connectivity index (χ4n) is 2.12. The van der Waals surface area contributed by atoms with E-state index in [9.17, 15) is 18.0 Å². The number of nitrogens with one attached hydrogen (secondary N) is 1. The molecule has 1 heterocycles. The number of hydrogen-bond acceptors (Lipinski definition) is 4. The van der Waals surface area contributed by atoms with Crippen LogP contribution in [0.25, 0.3) is 6.08 Å². The van der Waals surface area contributed by atoms with Crippen LogP contribution in [0.1, 0.15) is 11.1 Å². The number of amides is 1. The first-order chi connectivity index (χ1) is 11.8. The number of rotatable bonds is 3. The lowest BCUT2D eigenvalue weighted by Gasteiger charge is -2.10. The van der Waals surface area contributed by atoms with Crippen LogP contribution in [0.2, 0.25) is 0 Å². The minimum atomic E-state index is -4.38. The Morgan fingerprint density at radius 2 is 1.88 bits per heavy atom. The topological polar surface area (TPSA) is 29.1 Å². The van der Waals surface area contributed by atoms with Crippen molar-refractivity contribution in [3.05, 3.63) is 64.6 Å². The van der Waals surface area contributed by atoms with E-state index >= 15 is 0 Å². The fourth-order valence-corrected chi connectivity index (χ4v) is 4.13. The maximum atomic E-state index is 12.9. The molecule has 25 heavy (non-hydrogen) atoms. The highest BCUT2D eigenvalue weighted by atomic mass is 32.2. The monoisotopic (exact) mass is 397 g/mol. The smallest absolute Gasteiger partial charge is 0.307 e. The van der Waals surface area contributed by atoms with Gasteiger partial charge in [-0.2, -0.15) is 13.2 Å². The molecule has 1 amide bonds. The zero-order valence-electron chi connectivity index (χ0n) is 12.5. The number of halogens is 3. The second-order valence-electron chi connectivity index (χ2n) is 5.02. The van der Waals surface area contributed by atoms with Crippen LogP contribution in [0.4, 0.5) is 13.2 Å². The van der Waals surface area contributed by atoms with Crippen molar-refractivity contribution in [3.63, 3.8) is 0 Å². The van der Waals surface area contributed by atoms with E-state index in [1.165, 1.54) is 17.8 Å². The summed E-state index contributed by atoms with van der Waals surface area (Å²) in [6.45, 7) is 0. The van der Waals surface area contributed by atoms with Crippen LogP contribution >= 0.6 is 35.7 Å². The van der Waals surface area contributed by atoms with Crippen LogP contribution in [0, 0.1) is 0 Å². The fraction of sp³-hybridized carbons (Fsp3) is 0.0588. The number of carbonyl (C=O) groups is 1. The van der Waals surface area contributed by atoms with Gasteiger partial charge in [0.15, 0.2) is 0 Å². The lowest BCUT2D eigenvalue weighted by Crippen LogP contribution is -2.17. The van der Waals surface area contributed by atoms with Gasteiger partial charge in [-0.3, -0.25) is 4.79 Å². The van der Waals surface area contributed by atoms with Gasteiger partial charge in [-0.1, -0.05) is 60.0 Å². The van der Waals surface area contributed by atoms with Crippen molar-refractivity contribution in [2.24, 2.45) is 0 Å². The Hall–Kier alpha value is -1.77. The molecule has 2 aromatic carbocycles. The largest absolute Gasteiger partial charge is 0.416 e. The van der Waals surface area contributed by atoms with Gasteiger partial charge in [0.05, 0.1) is 10.5 Å². The van der Waals surface area contributed by atoms with E-state index in [0.717, 1.165) is 34.4 Å². The molecule has 0 saturated carbocycles. The molecule has 1 aliphatic rings. The number of carbonyl (C=O) groups excluding carboxylic acids is 1. The molecule has 2 nitrogen and oxygen atoms in total. The first-order valence-corrected chi connectivity index (χ1v) is 9.06. The molecule has 1 saturated heterocycles. The van der Waals surface area contributed by atoms with Crippen LogP contribution in [0.5, 0.6) is 0 Å². The predicted octanol–water partition coefficient (Wildman–Crippen LogP) is 5.35.